The fourth-order valence-corrected chi connectivity index (χ4v) is 3.49. The standard InChI is InChI=1S/C19H17NO4S/c1-13-17(19(21)22)12-18(14-7-4-3-5-8-14)20(13)15-9-6-10-16(11-15)25(2,23)24/h3-12H,1-2H3,(H,21,22). The Kier molecular flexibility index (Phi) is 4.22. The quantitative estimate of drug-likeness (QED) is 0.776. The Bertz CT molecular complexity index is 1050. The Morgan fingerprint density at radius 1 is 1.00 bits per heavy atom. The second-order valence-corrected chi connectivity index (χ2v) is 7.82. The lowest BCUT2D eigenvalue weighted by atomic mass is 10.1. The molecule has 0 radical (unpaired) electrons. The number of sulfone groups is 1. The molecule has 0 saturated carbocycles. The van der Waals surface area contributed by atoms with E-state index in [4.69, 9.17) is 0 Å². The number of rotatable bonds is 4. The van der Waals surface area contributed by atoms with Gasteiger partial charge >= 0.3 is 5.97 Å². The minimum absolute atomic E-state index is 0.184. The van der Waals surface area contributed by atoms with Crippen LogP contribution in [0.15, 0.2) is 65.6 Å². The summed E-state index contributed by atoms with van der Waals surface area (Å²) in [5, 5.41) is 9.47. The number of aromatic nitrogens is 1. The molecule has 0 unspecified atom stereocenters. The lowest BCUT2D eigenvalue weighted by molar-refractivity contribution is 0.0696. The summed E-state index contributed by atoms with van der Waals surface area (Å²) in [4.78, 5) is 11.8. The number of hydrogen-bond acceptors (Lipinski definition) is 3. The van der Waals surface area contributed by atoms with Crippen molar-refractivity contribution in [2.24, 2.45) is 0 Å². The van der Waals surface area contributed by atoms with E-state index in [0.717, 1.165) is 11.8 Å². The molecule has 1 heterocycles. The minimum Gasteiger partial charge on any atom is -0.478 e. The van der Waals surface area contributed by atoms with E-state index in [0.29, 0.717) is 17.1 Å². The third kappa shape index (κ3) is 3.21. The van der Waals surface area contributed by atoms with Crippen LogP contribution in [0.2, 0.25) is 0 Å². The van der Waals surface area contributed by atoms with E-state index in [9.17, 15) is 18.3 Å². The van der Waals surface area contributed by atoms with Crippen molar-refractivity contribution in [2.45, 2.75) is 11.8 Å². The predicted octanol–water partition coefficient (Wildman–Crippen LogP) is 3.55. The van der Waals surface area contributed by atoms with Gasteiger partial charge in [-0.05, 0) is 36.8 Å². The molecule has 2 aromatic carbocycles. The minimum atomic E-state index is -3.36. The topological polar surface area (TPSA) is 76.4 Å². The van der Waals surface area contributed by atoms with Crippen molar-refractivity contribution in [3.05, 3.63) is 71.9 Å². The van der Waals surface area contributed by atoms with Gasteiger partial charge in [0.05, 0.1) is 16.2 Å². The highest BCUT2D eigenvalue weighted by atomic mass is 32.2. The lowest BCUT2D eigenvalue weighted by Gasteiger charge is -2.13. The number of hydrogen-bond donors (Lipinski definition) is 1. The third-order valence-corrected chi connectivity index (χ3v) is 5.16. The number of nitrogens with zero attached hydrogens (tertiary/aromatic N) is 1. The van der Waals surface area contributed by atoms with E-state index in [1.165, 1.54) is 6.07 Å². The number of carboxylic acids is 1. The molecule has 1 N–H and O–H groups in total. The molecular formula is C19H17NO4S. The van der Waals surface area contributed by atoms with Gasteiger partial charge in [-0.2, -0.15) is 0 Å². The van der Waals surface area contributed by atoms with Gasteiger partial charge in [-0.3, -0.25) is 0 Å². The van der Waals surface area contributed by atoms with Crippen molar-refractivity contribution in [1.29, 1.82) is 0 Å². The molecule has 0 atom stereocenters. The van der Waals surface area contributed by atoms with E-state index in [1.54, 1.807) is 35.8 Å². The van der Waals surface area contributed by atoms with Crippen LogP contribution in [-0.2, 0) is 9.84 Å². The first-order chi connectivity index (χ1) is 11.8. The largest absolute Gasteiger partial charge is 0.478 e. The molecule has 0 amide bonds. The summed E-state index contributed by atoms with van der Waals surface area (Å²) >= 11 is 0. The Morgan fingerprint density at radius 3 is 2.28 bits per heavy atom. The van der Waals surface area contributed by atoms with Gasteiger partial charge in [0.25, 0.3) is 0 Å². The van der Waals surface area contributed by atoms with Crippen LogP contribution < -0.4 is 0 Å². The Balaban J connectivity index is 2.31. The molecule has 0 aliphatic heterocycles. The summed E-state index contributed by atoms with van der Waals surface area (Å²) in [5.74, 6) is -1.02. The second-order valence-electron chi connectivity index (χ2n) is 5.80. The van der Waals surface area contributed by atoms with Crippen molar-refractivity contribution in [1.82, 2.24) is 4.57 Å². The van der Waals surface area contributed by atoms with Crippen molar-refractivity contribution >= 4 is 15.8 Å². The van der Waals surface area contributed by atoms with E-state index in [-0.39, 0.29) is 10.5 Å². The summed E-state index contributed by atoms with van der Waals surface area (Å²) in [5.41, 5.74) is 2.87. The SMILES string of the molecule is Cc1c(C(=O)O)cc(-c2ccccc2)n1-c1cccc(S(C)(=O)=O)c1. The van der Waals surface area contributed by atoms with Gasteiger partial charge in [0, 0.05) is 17.6 Å². The molecule has 0 spiro atoms. The molecule has 0 bridgehead atoms. The van der Waals surface area contributed by atoms with Crippen molar-refractivity contribution < 1.29 is 18.3 Å². The Labute approximate surface area is 146 Å². The number of benzene rings is 2. The maximum absolute atomic E-state index is 11.9. The molecule has 0 aliphatic carbocycles. The smallest absolute Gasteiger partial charge is 0.337 e. The molecule has 6 heteroatoms. The highest BCUT2D eigenvalue weighted by Gasteiger charge is 2.19. The molecule has 5 nitrogen and oxygen atoms in total. The van der Waals surface area contributed by atoms with E-state index in [2.05, 4.69) is 0 Å². The van der Waals surface area contributed by atoms with E-state index < -0.39 is 15.8 Å². The monoisotopic (exact) mass is 355 g/mol. The summed E-state index contributed by atoms with van der Waals surface area (Å²) < 4.78 is 25.5. The number of carbonyl (C=O) groups is 1. The third-order valence-electron chi connectivity index (χ3n) is 4.05. The highest BCUT2D eigenvalue weighted by Crippen LogP contribution is 2.30. The first-order valence-electron chi connectivity index (χ1n) is 7.60. The fraction of sp³-hybridized carbons (Fsp3) is 0.105. The summed E-state index contributed by atoms with van der Waals surface area (Å²) in [6.07, 6.45) is 1.15. The van der Waals surface area contributed by atoms with Crippen LogP contribution in [0.1, 0.15) is 16.1 Å². The molecule has 1 aromatic heterocycles. The normalized spacial score (nSPS) is 11.4. The Hall–Kier alpha value is -2.86. The molecular weight excluding hydrogens is 338 g/mol. The van der Waals surface area contributed by atoms with E-state index >= 15 is 0 Å². The van der Waals surface area contributed by atoms with E-state index in [1.807, 2.05) is 30.3 Å². The maximum atomic E-state index is 11.9. The molecule has 3 rings (SSSR count). The average molecular weight is 355 g/mol. The molecule has 3 aromatic rings. The zero-order valence-corrected chi connectivity index (χ0v) is 14.6. The lowest BCUT2D eigenvalue weighted by Crippen LogP contribution is -2.04. The summed E-state index contributed by atoms with van der Waals surface area (Å²) in [6.45, 7) is 1.71. The van der Waals surface area contributed by atoms with Crippen LogP contribution in [0.25, 0.3) is 16.9 Å². The van der Waals surface area contributed by atoms with Gasteiger partial charge in [-0.25, -0.2) is 13.2 Å². The predicted molar refractivity (Wildman–Crippen MR) is 96.0 cm³/mol. The van der Waals surface area contributed by atoms with Gasteiger partial charge in [0.1, 0.15) is 0 Å². The summed E-state index contributed by atoms with van der Waals surface area (Å²) in [6, 6.07) is 17.5. The van der Waals surface area contributed by atoms with Gasteiger partial charge in [0.2, 0.25) is 0 Å². The summed E-state index contributed by atoms with van der Waals surface area (Å²) in [7, 11) is -3.36. The van der Waals surface area contributed by atoms with Crippen LogP contribution in [0, 0.1) is 6.92 Å². The first-order valence-corrected chi connectivity index (χ1v) is 9.50. The average Bonchev–Trinajstić information content (AvgIpc) is 2.92. The van der Waals surface area contributed by atoms with Gasteiger partial charge in [0.15, 0.2) is 9.84 Å². The molecule has 0 aliphatic rings. The van der Waals surface area contributed by atoms with Crippen LogP contribution in [-0.4, -0.2) is 30.3 Å². The first kappa shape index (κ1) is 17.0. The zero-order chi connectivity index (χ0) is 18.2. The second kappa shape index (κ2) is 6.22. The Morgan fingerprint density at radius 2 is 1.68 bits per heavy atom. The zero-order valence-electron chi connectivity index (χ0n) is 13.8. The van der Waals surface area contributed by atoms with Gasteiger partial charge in [-0.15, -0.1) is 0 Å². The van der Waals surface area contributed by atoms with Crippen molar-refractivity contribution in [2.75, 3.05) is 6.26 Å². The van der Waals surface area contributed by atoms with Crippen LogP contribution in [0.4, 0.5) is 0 Å². The molecule has 25 heavy (non-hydrogen) atoms. The maximum Gasteiger partial charge on any atom is 0.337 e. The fourth-order valence-electron chi connectivity index (χ4n) is 2.83. The molecule has 128 valence electrons. The molecule has 0 saturated heterocycles. The molecule has 0 fully saturated rings. The number of carboxylic acid groups (broad SMARTS) is 1. The van der Waals surface area contributed by atoms with Gasteiger partial charge in [-0.1, -0.05) is 36.4 Å². The van der Waals surface area contributed by atoms with Crippen molar-refractivity contribution in [3.8, 4) is 16.9 Å². The van der Waals surface area contributed by atoms with Crippen LogP contribution in [0.5, 0.6) is 0 Å². The van der Waals surface area contributed by atoms with Gasteiger partial charge < -0.3 is 9.67 Å². The van der Waals surface area contributed by atoms with Crippen LogP contribution in [0.3, 0.4) is 0 Å². The number of aromatic carboxylic acids is 1. The highest BCUT2D eigenvalue weighted by molar-refractivity contribution is 7.90. The van der Waals surface area contributed by atoms with Crippen LogP contribution >= 0.6 is 0 Å². The van der Waals surface area contributed by atoms with Crippen molar-refractivity contribution in [3.63, 3.8) is 0 Å².